The Morgan fingerprint density at radius 2 is 1.71 bits per heavy atom. The highest BCUT2D eigenvalue weighted by Gasteiger charge is 2.27. The van der Waals surface area contributed by atoms with E-state index in [0.717, 1.165) is 6.42 Å². The van der Waals surface area contributed by atoms with Gasteiger partial charge in [0.05, 0.1) is 0 Å². The maximum absolute atomic E-state index is 3.91. The van der Waals surface area contributed by atoms with Crippen LogP contribution in [-0.4, -0.2) is 0 Å². The van der Waals surface area contributed by atoms with E-state index < -0.39 is 0 Å². The zero-order valence-electron chi connectivity index (χ0n) is 12.2. The van der Waals surface area contributed by atoms with Crippen molar-refractivity contribution in [1.82, 2.24) is 0 Å². The summed E-state index contributed by atoms with van der Waals surface area (Å²) in [6, 6.07) is 0. The summed E-state index contributed by atoms with van der Waals surface area (Å²) >= 11 is 0. The average Bonchev–Trinajstić information content (AvgIpc) is 2.20. The van der Waals surface area contributed by atoms with Gasteiger partial charge in [-0.05, 0) is 29.2 Å². The predicted molar refractivity (Wildman–Crippen MR) is 80.0 cm³/mol. The molecule has 0 saturated carbocycles. The molecule has 0 aliphatic rings. The minimum Gasteiger partial charge on any atom is -0.0991 e. The second kappa shape index (κ2) is 7.32. The van der Waals surface area contributed by atoms with E-state index in [1.54, 1.807) is 6.08 Å². The second-order valence-electron chi connectivity index (χ2n) is 5.99. The van der Waals surface area contributed by atoms with E-state index in [0.29, 0.717) is 17.3 Å². The molecule has 0 aromatic carbocycles. The monoisotopic (exact) mass is 232 g/mol. The van der Waals surface area contributed by atoms with E-state index >= 15 is 0 Å². The van der Waals surface area contributed by atoms with Crippen LogP contribution in [-0.2, 0) is 0 Å². The van der Waals surface area contributed by atoms with Crippen LogP contribution in [0, 0.1) is 17.3 Å². The Morgan fingerprint density at radius 1 is 1.12 bits per heavy atom. The zero-order chi connectivity index (χ0) is 13.5. The van der Waals surface area contributed by atoms with Gasteiger partial charge >= 0.3 is 0 Å². The first-order valence-corrected chi connectivity index (χ1v) is 6.43. The van der Waals surface area contributed by atoms with Crippen LogP contribution in [0.3, 0.4) is 0 Å². The van der Waals surface area contributed by atoms with E-state index in [4.69, 9.17) is 0 Å². The van der Waals surface area contributed by atoms with Gasteiger partial charge in [-0.3, -0.25) is 0 Å². The van der Waals surface area contributed by atoms with Crippen molar-refractivity contribution < 1.29 is 0 Å². The van der Waals surface area contributed by atoms with Gasteiger partial charge in [0.25, 0.3) is 0 Å². The molecule has 0 spiro atoms. The predicted octanol–water partition coefficient (Wildman–Crippen LogP) is 5.55. The molecule has 0 aliphatic carbocycles. The summed E-state index contributed by atoms with van der Waals surface area (Å²) in [7, 11) is 0. The lowest BCUT2D eigenvalue weighted by Gasteiger charge is -2.34. The van der Waals surface area contributed by atoms with Crippen molar-refractivity contribution >= 4 is 0 Å². The maximum atomic E-state index is 3.91. The zero-order valence-corrected chi connectivity index (χ0v) is 12.2. The highest BCUT2D eigenvalue weighted by Crippen LogP contribution is 2.36. The topological polar surface area (TPSA) is 0 Å². The molecule has 0 amide bonds. The van der Waals surface area contributed by atoms with Crippen LogP contribution in [0.2, 0.25) is 0 Å². The quantitative estimate of drug-likeness (QED) is 0.527. The molecule has 96 valence electrons. The standard InChI is InChI=1S/C17H28/c1-8-10-11-12-15(9-2)13-16(14(3)4)17(5,6)7/h8-12,14,16H,1-2,13H2,3-7H3. The molecule has 0 radical (unpaired) electrons. The van der Waals surface area contributed by atoms with E-state index in [2.05, 4.69) is 53.9 Å². The molecule has 0 saturated heterocycles. The first-order valence-electron chi connectivity index (χ1n) is 6.43. The molecule has 0 nitrogen and oxygen atoms in total. The van der Waals surface area contributed by atoms with E-state index in [9.17, 15) is 0 Å². The molecular weight excluding hydrogens is 204 g/mol. The molecule has 1 atom stereocenters. The van der Waals surface area contributed by atoms with Gasteiger partial charge in [0.2, 0.25) is 0 Å². The Kier molecular flexibility index (Phi) is 6.87. The second-order valence-corrected chi connectivity index (χ2v) is 5.99. The molecule has 0 N–H and O–H groups in total. The molecule has 17 heavy (non-hydrogen) atoms. The normalized spacial score (nSPS) is 15.3. The van der Waals surface area contributed by atoms with Gasteiger partial charge in [-0.15, -0.1) is 0 Å². The third-order valence-electron chi connectivity index (χ3n) is 3.19. The van der Waals surface area contributed by atoms with Crippen molar-refractivity contribution in [2.24, 2.45) is 17.3 Å². The van der Waals surface area contributed by atoms with Crippen molar-refractivity contribution in [3.05, 3.63) is 49.1 Å². The number of rotatable bonds is 6. The van der Waals surface area contributed by atoms with E-state index in [-0.39, 0.29) is 0 Å². The fourth-order valence-corrected chi connectivity index (χ4v) is 2.27. The largest absolute Gasteiger partial charge is 0.0991 e. The van der Waals surface area contributed by atoms with Crippen LogP contribution < -0.4 is 0 Å². The lowest BCUT2D eigenvalue weighted by Crippen LogP contribution is -2.25. The Labute approximate surface area is 108 Å². The van der Waals surface area contributed by atoms with Crippen LogP contribution in [0.5, 0.6) is 0 Å². The summed E-state index contributed by atoms with van der Waals surface area (Å²) in [5, 5.41) is 0. The summed E-state index contributed by atoms with van der Waals surface area (Å²) in [5.41, 5.74) is 1.63. The molecule has 1 unspecified atom stereocenters. The van der Waals surface area contributed by atoms with Gasteiger partial charge in [0.1, 0.15) is 0 Å². The van der Waals surface area contributed by atoms with Crippen LogP contribution in [0.25, 0.3) is 0 Å². The van der Waals surface area contributed by atoms with Crippen molar-refractivity contribution in [2.75, 3.05) is 0 Å². The molecule has 0 aromatic heterocycles. The highest BCUT2D eigenvalue weighted by atomic mass is 14.3. The summed E-state index contributed by atoms with van der Waals surface area (Å²) in [6.45, 7) is 19.1. The highest BCUT2D eigenvalue weighted by molar-refractivity contribution is 5.24. The molecule has 0 rings (SSSR count). The van der Waals surface area contributed by atoms with Gasteiger partial charge in [-0.1, -0.05) is 78.2 Å². The van der Waals surface area contributed by atoms with Gasteiger partial charge in [-0.25, -0.2) is 0 Å². The molecule has 0 aliphatic heterocycles. The minimum atomic E-state index is 0.332. The molecule has 0 aromatic rings. The third kappa shape index (κ3) is 6.31. The molecule has 0 heterocycles. The lowest BCUT2D eigenvalue weighted by molar-refractivity contribution is 0.178. The maximum Gasteiger partial charge on any atom is -0.0243 e. The smallest absolute Gasteiger partial charge is 0.0243 e. The summed E-state index contributed by atoms with van der Waals surface area (Å²) in [4.78, 5) is 0. The lowest BCUT2D eigenvalue weighted by atomic mass is 9.71. The molecule has 0 fully saturated rings. The Morgan fingerprint density at radius 3 is 2.06 bits per heavy atom. The third-order valence-corrected chi connectivity index (χ3v) is 3.19. The Balaban J connectivity index is 4.84. The Bertz CT molecular complexity index is 294. The van der Waals surface area contributed by atoms with Crippen molar-refractivity contribution in [1.29, 1.82) is 0 Å². The fourth-order valence-electron chi connectivity index (χ4n) is 2.27. The summed E-state index contributed by atoms with van der Waals surface area (Å²) in [6.07, 6.45) is 11.0. The van der Waals surface area contributed by atoms with Gasteiger partial charge in [-0.2, -0.15) is 0 Å². The first kappa shape index (κ1) is 16.0. The van der Waals surface area contributed by atoms with Crippen LogP contribution >= 0.6 is 0 Å². The minimum absolute atomic E-state index is 0.332. The average molecular weight is 232 g/mol. The number of allylic oxidation sites excluding steroid dienone is 6. The molecule has 0 heteroatoms. The first-order chi connectivity index (χ1) is 7.82. The van der Waals surface area contributed by atoms with Gasteiger partial charge < -0.3 is 0 Å². The van der Waals surface area contributed by atoms with Crippen molar-refractivity contribution in [3.63, 3.8) is 0 Å². The van der Waals surface area contributed by atoms with Crippen molar-refractivity contribution in [2.45, 2.75) is 41.0 Å². The van der Waals surface area contributed by atoms with Gasteiger partial charge in [0, 0.05) is 0 Å². The number of hydrogen-bond donors (Lipinski definition) is 0. The summed E-state index contributed by atoms with van der Waals surface area (Å²) < 4.78 is 0. The van der Waals surface area contributed by atoms with E-state index in [1.807, 2.05) is 18.2 Å². The molecular formula is C17H28. The van der Waals surface area contributed by atoms with Crippen LogP contribution in [0.4, 0.5) is 0 Å². The van der Waals surface area contributed by atoms with Crippen LogP contribution in [0.15, 0.2) is 49.1 Å². The van der Waals surface area contributed by atoms with E-state index in [1.165, 1.54) is 5.57 Å². The number of hydrogen-bond acceptors (Lipinski definition) is 0. The summed E-state index contributed by atoms with van der Waals surface area (Å²) in [5.74, 6) is 1.35. The van der Waals surface area contributed by atoms with Crippen LogP contribution in [0.1, 0.15) is 41.0 Å². The fraction of sp³-hybridized carbons (Fsp3) is 0.529. The molecule has 0 bridgehead atoms. The van der Waals surface area contributed by atoms with Gasteiger partial charge in [0.15, 0.2) is 0 Å². The van der Waals surface area contributed by atoms with Crippen molar-refractivity contribution in [3.8, 4) is 0 Å². The Hall–Kier alpha value is -1.04. The SMILES string of the molecule is C=CC=CC=C(C=C)CC(C(C)C)C(C)(C)C.